The predicted molar refractivity (Wildman–Crippen MR) is 73.6 cm³/mol. The summed E-state index contributed by atoms with van der Waals surface area (Å²) in [6.07, 6.45) is 0.141. The Balaban J connectivity index is 2.64. The van der Waals surface area contributed by atoms with Crippen LogP contribution in [0.1, 0.15) is 31.4 Å². The zero-order valence-corrected chi connectivity index (χ0v) is 13.1. The molecule has 0 amide bonds. The fourth-order valence-corrected chi connectivity index (χ4v) is 3.36. The van der Waals surface area contributed by atoms with E-state index >= 15 is 0 Å². The fraction of sp³-hybridized carbons (Fsp3) is 0.571. The molecule has 1 aromatic carbocycles. The molecule has 1 aliphatic rings. The zero-order valence-electron chi connectivity index (χ0n) is 12.3. The maximum absolute atomic E-state index is 11.5. The standard InChI is InChI=1S/C14H20O6S/c1-10-4-5-12(21(16,17)18)11(8-10)14(6-7-15)9-19-13(2,3)20-14/h4-5,8,15H,6-7,9H2,1-3H3,(H,16,17,18)/p-1/t14-/m0/s1. The van der Waals surface area contributed by atoms with Gasteiger partial charge in [0.2, 0.25) is 0 Å². The molecule has 0 aliphatic carbocycles. The van der Waals surface area contributed by atoms with Crippen molar-refractivity contribution in [1.29, 1.82) is 0 Å². The molecule has 0 saturated carbocycles. The summed E-state index contributed by atoms with van der Waals surface area (Å²) in [7, 11) is -4.65. The average molecular weight is 315 g/mol. The smallest absolute Gasteiger partial charge is 0.164 e. The number of aliphatic hydroxyl groups excluding tert-OH is 1. The first-order valence-electron chi connectivity index (χ1n) is 6.62. The largest absolute Gasteiger partial charge is 0.744 e. The van der Waals surface area contributed by atoms with E-state index in [1.165, 1.54) is 6.07 Å². The van der Waals surface area contributed by atoms with E-state index in [0.717, 1.165) is 5.56 Å². The van der Waals surface area contributed by atoms with Crippen molar-refractivity contribution in [3.05, 3.63) is 29.3 Å². The van der Waals surface area contributed by atoms with E-state index in [4.69, 9.17) is 9.47 Å². The van der Waals surface area contributed by atoms with Crippen LogP contribution in [0, 0.1) is 6.92 Å². The first kappa shape index (κ1) is 16.4. The topological polar surface area (TPSA) is 95.9 Å². The van der Waals surface area contributed by atoms with Crippen molar-refractivity contribution >= 4 is 10.1 Å². The predicted octanol–water partition coefficient (Wildman–Crippen LogP) is 1.26. The van der Waals surface area contributed by atoms with Crippen LogP contribution in [0.5, 0.6) is 0 Å². The van der Waals surface area contributed by atoms with Crippen molar-refractivity contribution in [3.63, 3.8) is 0 Å². The van der Waals surface area contributed by atoms with Gasteiger partial charge in [-0.15, -0.1) is 0 Å². The first-order chi connectivity index (χ1) is 9.60. The van der Waals surface area contributed by atoms with Crippen LogP contribution in [0.25, 0.3) is 0 Å². The molecule has 1 aliphatic heterocycles. The molecule has 0 aromatic heterocycles. The number of aliphatic hydroxyl groups is 1. The molecule has 1 saturated heterocycles. The van der Waals surface area contributed by atoms with E-state index in [0.29, 0.717) is 0 Å². The molecule has 1 N–H and O–H groups in total. The van der Waals surface area contributed by atoms with Gasteiger partial charge in [-0.2, -0.15) is 0 Å². The third kappa shape index (κ3) is 3.27. The minimum absolute atomic E-state index is 0.0759. The molecular formula is C14H19O6S-. The molecule has 21 heavy (non-hydrogen) atoms. The number of ether oxygens (including phenoxy) is 2. The molecule has 0 spiro atoms. The van der Waals surface area contributed by atoms with Crippen LogP contribution >= 0.6 is 0 Å². The van der Waals surface area contributed by atoms with E-state index in [2.05, 4.69) is 0 Å². The van der Waals surface area contributed by atoms with E-state index in [9.17, 15) is 18.1 Å². The van der Waals surface area contributed by atoms with Crippen molar-refractivity contribution < 1.29 is 27.6 Å². The quantitative estimate of drug-likeness (QED) is 0.840. The van der Waals surface area contributed by atoms with E-state index in [-0.39, 0.29) is 30.1 Å². The number of benzene rings is 1. The van der Waals surface area contributed by atoms with Crippen molar-refractivity contribution in [2.75, 3.05) is 13.2 Å². The van der Waals surface area contributed by atoms with Gasteiger partial charge in [0.1, 0.15) is 15.7 Å². The number of aryl methyl sites for hydroxylation is 1. The molecule has 0 unspecified atom stereocenters. The van der Waals surface area contributed by atoms with Crippen LogP contribution in [0.4, 0.5) is 0 Å². The second-order valence-corrected chi connectivity index (χ2v) is 7.06. The van der Waals surface area contributed by atoms with Crippen LogP contribution in [0.15, 0.2) is 23.1 Å². The SMILES string of the molecule is Cc1ccc(S(=O)(=O)[O-])c([C@]2(CCO)COC(C)(C)O2)c1. The highest BCUT2D eigenvalue weighted by molar-refractivity contribution is 7.85. The van der Waals surface area contributed by atoms with Gasteiger partial charge in [-0.3, -0.25) is 0 Å². The van der Waals surface area contributed by atoms with Crippen molar-refractivity contribution in [1.82, 2.24) is 0 Å². The molecule has 2 rings (SSSR count). The molecule has 0 bridgehead atoms. The highest BCUT2D eigenvalue weighted by atomic mass is 32.2. The summed E-state index contributed by atoms with van der Waals surface area (Å²) in [5.41, 5.74) is -0.1000. The lowest BCUT2D eigenvalue weighted by Crippen LogP contribution is -2.34. The van der Waals surface area contributed by atoms with Crippen molar-refractivity contribution in [3.8, 4) is 0 Å². The maximum atomic E-state index is 11.5. The second-order valence-electron chi connectivity index (χ2n) is 5.71. The van der Waals surface area contributed by atoms with Gasteiger partial charge in [0, 0.05) is 18.6 Å². The van der Waals surface area contributed by atoms with Gasteiger partial charge in [-0.25, -0.2) is 8.42 Å². The lowest BCUT2D eigenvalue weighted by atomic mass is 9.90. The minimum Gasteiger partial charge on any atom is -0.744 e. The Morgan fingerprint density at radius 2 is 2.05 bits per heavy atom. The maximum Gasteiger partial charge on any atom is 0.164 e. The molecule has 7 heteroatoms. The molecular weight excluding hydrogens is 296 g/mol. The van der Waals surface area contributed by atoms with Gasteiger partial charge in [0.25, 0.3) is 0 Å². The molecule has 1 aromatic rings. The van der Waals surface area contributed by atoms with Crippen LogP contribution in [0.3, 0.4) is 0 Å². The Morgan fingerprint density at radius 3 is 2.52 bits per heavy atom. The van der Waals surface area contributed by atoms with Gasteiger partial charge in [-0.05, 0) is 26.8 Å². The summed E-state index contributed by atoms with van der Waals surface area (Å²) in [6, 6.07) is 4.44. The Bertz CT molecular complexity index is 637. The molecule has 1 heterocycles. The van der Waals surface area contributed by atoms with Gasteiger partial charge in [0.15, 0.2) is 5.79 Å². The van der Waals surface area contributed by atoms with Crippen LogP contribution < -0.4 is 0 Å². The normalized spacial score (nSPS) is 25.2. The van der Waals surface area contributed by atoms with Crippen molar-refractivity contribution in [2.24, 2.45) is 0 Å². The number of hydrogen-bond donors (Lipinski definition) is 1. The lowest BCUT2D eigenvalue weighted by Gasteiger charge is -2.31. The number of hydrogen-bond acceptors (Lipinski definition) is 6. The molecule has 1 fully saturated rings. The highest BCUT2D eigenvalue weighted by Crippen LogP contribution is 2.43. The van der Waals surface area contributed by atoms with Crippen LogP contribution in [0.2, 0.25) is 0 Å². The third-order valence-electron chi connectivity index (χ3n) is 3.50. The van der Waals surface area contributed by atoms with E-state index in [1.807, 2.05) is 0 Å². The Hall–Kier alpha value is -0.990. The molecule has 6 nitrogen and oxygen atoms in total. The fourth-order valence-electron chi connectivity index (χ4n) is 2.61. The average Bonchev–Trinajstić information content (AvgIpc) is 2.65. The Morgan fingerprint density at radius 1 is 1.38 bits per heavy atom. The Kier molecular flexibility index (Phi) is 4.16. The summed E-state index contributed by atoms with van der Waals surface area (Å²) < 4.78 is 46.0. The van der Waals surface area contributed by atoms with Crippen LogP contribution in [-0.4, -0.2) is 37.1 Å². The van der Waals surface area contributed by atoms with E-state index < -0.39 is 21.5 Å². The summed E-state index contributed by atoms with van der Waals surface area (Å²) in [6.45, 7) is 5.05. The zero-order chi connectivity index (χ0) is 15.9. The van der Waals surface area contributed by atoms with Gasteiger partial charge >= 0.3 is 0 Å². The van der Waals surface area contributed by atoms with Crippen molar-refractivity contribution in [2.45, 2.75) is 43.5 Å². The molecule has 1 atom stereocenters. The summed E-state index contributed by atoms with van der Waals surface area (Å²) in [4.78, 5) is -0.331. The van der Waals surface area contributed by atoms with Gasteiger partial charge in [-0.1, -0.05) is 17.7 Å². The van der Waals surface area contributed by atoms with E-state index in [1.54, 1.807) is 32.9 Å². The van der Waals surface area contributed by atoms with Gasteiger partial charge < -0.3 is 19.1 Å². The summed E-state index contributed by atoms with van der Waals surface area (Å²) >= 11 is 0. The minimum atomic E-state index is -4.65. The number of rotatable bonds is 4. The highest BCUT2D eigenvalue weighted by Gasteiger charge is 2.47. The summed E-state index contributed by atoms with van der Waals surface area (Å²) in [5.74, 6) is -0.914. The van der Waals surface area contributed by atoms with Gasteiger partial charge in [0.05, 0.1) is 11.5 Å². The third-order valence-corrected chi connectivity index (χ3v) is 4.40. The van der Waals surface area contributed by atoms with Crippen LogP contribution in [-0.2, 0) is 25.2 Å². The first-order valence-corrected chi connectivity index (χ1v) is 8.02. The second kappa shape index (κ2) is 5.33. The molecule has 0 radical (unpaired) electrons. The monoisotopic (exact) mass is 315 g/mol. The lowest BCUT2D eigenvalue weighted by molar-refractivity contribution is -0.167. The summed E-state index contributed by atoms with van der Waals surface area (Å²) in [5, 5.41) is 9.32. The molecule has 118 valence electrons. The Labute approximate surface area is 124 Å².